The number of nitrogens with one attached hydrogen (secondary N) is 1. The van der Waals surface area contributed by atoms with E-state index < -0.39 is 34.4 Å². The predicted octanol–water partition coefficient (Wildman–Crippen LogP) is 0.909. The van der Waals surface area contributed by atoms with E-state index in [0.29, 0.717) is 0 Å². The van der Waals surface area contributed by atoms with Crippen LogP contribution in [0, 0.1) is 10.1 Å². The van der Waals surface area contributed by atoms with Crippen LogP contribution in [0.2, 0.25) is 0 Å². The molecule has 9 heteroatoms. The van der Waals surface area contributed by atoms with Crippen LogP contribution in [-0.4, -0.2) is 38.5 Å². The minimum Gasteiger partial charge on any atom is -0.394 e. The minimum atomic E-state index is -1.35. The molecule has 3 N–H and O–H groups in total. The van der Waals surface area contributed by atoms with Gasteiger partial charge in [0.1, 0.15) is 6.10 Å². The van der Waals surface area contributed by atoms with Gasteiger partial charge in [0.2, 0.25) is 0 Å². The van der Waals surface area contributed by atoms with E-state index in [2.05, 4.69) is 5.32 Å². The van der Waals surface area contributed by atoms with Crippen molar-refractivity contribution in [3.05, 3.63) is 39.9 Å². The summed E-state index contributed by atoms with van der Waals surface area (Å²) < 4.78 is 0. The van der Waals surface area contributed by atoms with Crippen LogP contribution in [-0.2, 0) is 4.79 Å². The van der Waals surface area contributed by atoms with Crippen LogP contribution >= 0.6 is 23.2 Å². The summed E-state index contributed by atoms with van der Waals surface area (Å²) in [6, 6.07) is 4.16. The molecule has 0 spiro atoms. The Morgan fingerprint density at radius 1 is 1.45 bits per heavy atom. The summed E-state index contributed by atoms with van der Waals surface area (Å²) in [6.45, 7) is -0.587. The van der Waals surface area contributed by atoms with Gasteiger partial charge in [-0.15, -0.1) is 0 Å². The highest BCUT2D eigenvalue weighted by Gasteiger charge is 2.25. The first-order chi connectivity index (χ1) is 9.36. The molecule has 7 nitrogen and oxygen atoms in total. The third-order valence-electron chi connectivity index (χ3n) is 2.53. The van der Waals surface area contributed by atoms with Crippen molar-refractivity contribution in [1.82, 2.24) is 5.32 Å². The second-order valence-electron chi connectivity index (χ2n) is 3.90. The van der Waals surface area contributed by atoms with E-state index in [1.54, 1.807) is 0 Å². The van der Waals surface area contributed by atoms with Crippen molar-refractivity contribution < 1.29 is 19.9 Å². The molecular weight excluding hydrogens is 311 g/mol. The maximum Gasteiger partial charge on any atom is 0.269 e. The van der Waals surface area contributed by atoms with Crippen molar-refractivity contribution in [1.29, 1.82) is 0 Å². The second-order valence-corrected chi connectivity index (χ2v) is 4.99. The lowest BCUT2D eigenvalue weighted by Crippen LogP contribution is -2.44. The molecule has 0 unspecified atom stereocenters. The van der Waals surface area contributed by atoms with Crippen molar-refractivity contribution in [2.75, 3.05) is 6.61 Å². The largest absolute Gasteiger partial charge is 0.394 e. The van der Waals surface area contributed by atoms with E-state index in [4.69, 9.17) is 23.2 Å². The summed E-state index contributed by atoms with van der Waals surface area (Å²) >= 11 is 10.7. The summed E-state index contributed by atoms with van der Waals surface area (Å²) in [7, 11) is 0. The third kappa shape index (κ3) is 4.31. The normalized spacial score (nSPS) is 13.8. The lowest BCUT2D eigenvalue weighted by atomic mass is 10.0. The molecule has 0 aromatic heterocycles. The zero-order valence-corrected chi connectivity index (χ0v) is 11.6. The van der Waals surface area contributed by atoms with Gasteiger partial charge in [-0.3, -0.25) is 14.9 Å². The summed E-state index contributed by atoms with van der Waals surface area (Å²) in [5.74, 6) is -0.781. The van der Waals surface area contributed by atoms with Gasteiger partial charge in [0.05, 0.1) is 17.6 Å². The number of aliphatic hydroxyl groups excluding tert-OH is 2. The fraction of sp³-hybridized carbons (Fsp3) is 0.364. The van der Waals surface area contributed by atoms with Crippen LogP contribution in [0.5, 0.6) is 0 Å². The zero-order chi connectivity index (χ0) is 15.3. The molecule has 1 aromatic carbocycles. The molecule has 0 fully saturated rings. The molecule has 1 amide bonds. The van der Waals surface area contributed by atoms with Gasteiger partial charge in [0.25, 0.3) is 11.6 Å². The topological polar surface area (TPSA) is 113 Å². The number of halogens is 2. The number of alkyl halides is 2. The first-order valence-corrected chi connectivity index (χ1v) is 6.36. The summed E-state index contributed by atoms with van der Waals surface area (Å²) in [4.78, 5) is 20.0. The first kappa shape index (κ1) is 16.6. The quantitative estimate of drug-likeness (QED) is 0.409. The molecule has 1 aromatic rings. The summed E-state index contributed by atoms with van der Waals surface area (Å²) in [5.41, 5.74) is -0.0311. The van der Waals surface area contributed by atoms with Gasteiger partial charge in [-0.25, -0.2) is 0 Å². The Labute approximate surface area is 124 Å². The highest BCUT2D eigenvalue weighted by molar-refractivity contribution is 6.53. The Morgan fingerprint density at radius 3 is 2.60 bits per heavy atom. The van der Waals surface area contributed by atoms with Crippen molar-refractivity contribution in [3.8, 4) is 0 Å². The molecule has 110 valence electrons. The summed E-state index contributed by atoms with van der Waals surface area (Å²) in [5, 5.41) is 32.1. The van der Waals surface area contributed by atoms with Crippen molar-refractivity contribution >= 4 is 34.8 Å². The molecule has 0 bridgehead atoms. The Balaban J connectivity index is 2.90. The number of carbonyl (C=O) groups is 1. The Hall–Kier alpha value is -1.41. The van der Waals surface area contributed by atoms with Crippen molar-refractivity contribution in [2.45, 2.75) is 17.0 Å². The molecule has 20 heavy (non-hydrogen) atoms. The monoisotopic (exact) mass is 322 g/mol. The number of hydrogen-bond donors (Lipinski definition) is 3. The molecule has 0 saturated carbocycles. The van der Waals surface area contributed by atoms with Crippen LogP contribution in [0.15, 0.2) is 24.3 Å². The van der Waals surface area contributed by atoms with Crippen LogP contribution in [0.25, 0.3) is 0 Å². The van der Waals surface area contributed by atoms with E-state index in [1.165, 1.54) is 18.2 Å². The number of non-ortho nitro benzene ring substituents is 1. The molecule has 0 aliphatic rings. The van der Waals surface area contributed by atoms with Gasteiger partial charge >= 0.3 is 0 Å². The van der Waals surface area contributed by atoms with E-state index >= 15 is 0 Å². The van der Waals surface area contributed by atoms with E-state index in [-0.39, 0.29) is 11.3 Å². The standard InChI is InChI=1S/C11H12Cl2N2O5/c12-10(13)11(18)14-8(5-16)9(17)6-2-1-3-7(4-6)15(19)20/h1-4,8-10,16-17H,5H2,(H,14,18)/t8-,9+/m1/s1. The van der Waals surface area contributed by atoms with E-state index in [0.717, 1.165) is 6.07 Å². The fourth-order valence-corrected chi connectivity index (χ4v) is 1.65. The molecule has 0 heterocycles. The first-order valence-electron chi connectivity index (χ1n) is 5.48. The highest BCUT2D eigenvalue weighted by Crippen LogP contribution is 2.22. The van der Waals surface area contributed by atoms with Gasteiger partial charge in [-0.1, -0.05) is 35.3 Å². The number of aliphatic hydroxyl groups is 2. The third-order valence-corrected chi connectivity index (χ3v) is 2.92. The number of nitrogens with zero attached hydrogens (tertiary/aromatic N) is 1. The van der Waals surface area contributed by atoms with Gasteiger partial charge in [0.15, 0.2) is 4.84 Å². The van der Waals surface area contributed by atoms with Crippen LogP contribution < -0.4 is 5.32 Å². The average molecular weight is 323 g/mol. The number of rotatable bonds is 6. The molecular formula is C11H12Cl2N2O5. The molecule has 0 aliphatic carbocycles. The van der Waals surface area contributed by atoms with Crippen LogP contribution in [0.3, 0.4) is 0 Å². The molecule has 0 saturated heterocycles. The predicted molar refractivity (Wildman–Crippen MR) is 72.6 cm³/mol. The fourth-order valence-electron chi connectivity index (χ4n) is 1.52. The number of amides is 1. The maximum absolute atomic E-state index is 11.3. The number of carbonyl (C=O) groups excluding carboxylic acids is 1. The number of nitro groups is 1. The highest BCUT2D eigenvalue weighted by atomic mass is 35.5. The Kier molecular flexibility index (Phi) is 6.15. The summed E-state index contributed by atoms with van der Waals surface area (Å²) in [6.07, 6.45) is -1.34. The van der Waals surface area contributed by atoms with E-state index in [1.807, 2.05) is 0 Å². The zero-order valence-electron chi connectivity index (χ0n) is 10.1. The lowest BCUT2D eigenvalue weighted by molar-refractivity contribution is -0.385. The van der Waals surface area contributed by atoms with Gasteiger partial charge < -0.3 is 15.5 Å². The van der Waals surface area contributed by atoms with Crippen LogP contribution in [0.4, 0.5) is 5.69 Å². The Bertz CT molecular complexity index is 497. The molecule has 0 radical (unpaired) electrons. The maximum atomic E-state index is 11.3. The van der Waals surface area contributed by atoms with Gasteiger partial charge in [-0.2, -0.15) is 0 Å². The number of benzene rings is 1. The SMILES string of the molecule is O=C(N[C@H](CO)[C@@H](O)c1cccc([N+](=O)[O-])c1)C(Cl)Cl. The van der Waals surface area contributed by atoms with Crippen molar-refractivity contribution in [2.24, 2.45) is 0 Å². The van der Waals surface area contributed by atoms with Gasteiger partial charge in [0, 0.05) is 12.1 Å². The van der Waals surface area contributed by atoms with E-state index in [9.17, 15) is 25.1 Å². The molecule has 1 rings (SSSR count). The second kappa shape index (κ2) is 7.39. The number of nitro benzene ring substituents is 1. The average Bonchev–Trinajstić information content (AvgIpc) is 2.43. The van der Waals surface area contributed by atoms with Crippen molar-refractivity contribution in [3.63, 3.8) is 0 Å². The van der Waals surface area contributed by atoms with Gasteiger partial charge in [-0.05, 0) is 5.56 Å². The van der Waals surface area contributed by atoms with Crippen LogP contribution in [0.1, 0.15) is 11.7 Å². The Morgan fingerprint density at radius 2 is 2.10 bits per heavy atom. The smallest absolute Gasteiger partial charge is 0.269 e. The number of hydrogen-bond acceptors (Lipinski definition) is 5. The lowest BCUT2D eigenvalue weighted by Gasteiger charge is -2.22. The molecule has 0 aliphatic heterocycles. The molecule has 2 atom stereocenters. The minimum absolute atomic E-state index is 0.180.